The van der Waals surface area contributed by atoms with E-state index >= 15 is 0 Å². The largest absolute Gasteiger partial charge is 0.468 e. The molecule has 0 saturated heterocycles. The second kappa shape index (κ2) is 5.32. The van der Waals surface area contributed by atoms with Crippen molar-refractivity contribution in [2.45, 2.75) is 44.2 Å². The summed E-state index contributed by atoms with van der Waals surface area (Å²) in [4.78, 5) is 11.3. The van der Waals surface area contributed by atoms with Gasteiger partial charge in [-0.2, -0.15) is 0 Å². The topological polar surface area (TPSA) is 98.5 Å². The van der Waals surface area contributed by atoms with Crippen LogP contribution in [-0.4, -0.2) is 38.8 Å². The lowest BCUT2D eigenvalue weighted by atomic mass is 9.74. The molecule has 0 radical (unpaired) electrons. The molecule has 100 valence electrons. The first-order valence-electron chi connectivity index (χ1n) is 5.70. The van der Waals surface area contributed by atoms with Crippen molar-refractivity contribution in [3.05, 3.63) is 0 Å². The third-order valence-corrected chi connectivity index (χ3v) is 4.44. The Kier molecular flexibility index (Phi) is 4.51. The second-order valence-corrected chi connectivity index (χ2v) is 6.42. The van der Waals surface area contributed by atoms with Crippen molar-refractivity contribution in [2.24, 2.45) is 5.73 Å². The van der Waals surface area contributed by atoms with Crippen LogP contribution in [0.2, 0.25) is 0 Å². The van der Waals surface area contributed by atoms with Gasteiger partial charge in [0.2, 0.25) is 10.0 Å². The fourth-order valence-electron chi connectivity index (χ4n) is 1.92. The number of hydrogen-bond donors (Lipinski definition) is 2. The van der Waals surface area contributed by atoms with Crippen molar-refractivity contribution in [1.82, 2.24) is 4.72 Å². The van der Waals surface area contributed by atoms with Gasteiger partial charge in [-0.3, -0.25) is 4.79 Å². The van der Waals surface area contributed by atoms with E-state index in [9.17, 15) is 13.2 Å². The molecule has 0 unspecified atom stereocenters. The maximum absolute atomic E-state index is 11.6. The van der Waals surface area contributed by atoms with Gasteiger partial charge < -0.3 is 10.5 Å². The van der Waals surface area contributed by atoms with Crippen LogP contribution in [0, 0.1) is 0 Å². The van der Waals surface area contributed by atoms with Crippen molar-refractivity contribution >= 4 is 16.0 Å². The molecule has 0 bridgehead atoms. The lowest BCUT2D eigenvalue weighted by Crippen LogP contribution is -2.64. The number of methoxy groups -OCH3 is 1. The summed E-state index contributed by atoms with van der Waals surface area (Å²) in [6.45, 7) is 1.93. The zero-order valence-electron chi connectivity index (χ0n) is 10.2. The van der Waals surface area contributed by atoms with Crippen LogP contribution in [-0.2, 0) is 19.6 Å². The molecule has 3 N–H and O–H groups in total. The monoisotopic (exact) mass is 264 g/mol. The van der Waals surface area contributed by atoms with Crippen LogP contribution in [0.25, 0.3) is 0 Å². The molecular weight excluding hydrogens is 244 g/mol. The fraction of sp³-hybridized carbons (Fsp3) is 0.900. The molecule has 6 nitrogen and oxygen atoms in total. The van der Waals surface area contributed by atoms with Crippen LogP contribution < -0.4 is 10.5 Å². The number of unbranched alkanes of at least 4 members (excludes halogenated alkanes) is 1. The van der Waals surface area contributed by atoms with Gasteiger partial charge in [0.15, 0.2) is 0 Å². The number of ether oxygens (including phenoxy) is 1. The molecule has 0 aliphatic heterocycles. The predicted molar refractivity (Wildman–Crippen MR) is 63.8 cm³/mol. The van der Waals surface area contributed by atoms with Crippen molar-refractivity contribution in [3.8, 4) is 0 Å². The number of hydrogen-bond acceptors (Lipinski definition) is 5. The van der Waals surface area contributed by atoms with Crippen LogP contribution in [0.15, 0.2) is 0 Å². The lowest BCUT2D eigenvalue weighted by Gasteiger charge is -2.42. The molecule has 17 heavy (non-hydrogen) atoms. The molecule has 0 spiro atoms. The molecule has 1 fully saturated rings. The Labute approximate surface area is 102 Å². The smallest absolute Gasteiger partial charge is 0.325 e. The average molecular weight is 264 g/mol. The molecular formula is C10H20N2O4S. The molecule has 7 heteroatoms. The summed E-state index contributed by atoms with van der Waals surface area (Å²) in [6, 6.07) is -0.249. The summed E-state index contributed by atoms with van der Waals surface area (Å²) in [6.07, 6.45) is 2.05. The molecule has 0 atom stereocenters. The Bertz CT molecular complexity index is 374. The van der Waals surface area contributed by atoms with Gasteiger partial charge in [0.05, 0.1) is 12.9 Å². The van der Waals surface area contributed by atoms with Gasteiger partial charge in [0.1, 0.15) is 5.54 Å². The quantitative estimate of drug-likeness (QED) is 0.644. The van der Waals surface area contributed by atoms with Crippen LogP contribution in [0.1, 0.15) is 32.6 Å². The number of carbonyl (C=O) groups excluding carboxylic acids is 1. The van der Waals surface area contributed by atoms with Gasteiger partial charge in [0.25, 0.3) is 0 Å². The average Bonchev–Trinajstić information content (AvgIpc) is 2.22. The first-order valence-corrected chi connectivity index (χ1v) is 7.35. The highest BCUT2D eigenvalue weighted by molar-refractivity contribution is 7.89. The van der Waals surface area contributed by atoms with E-state index in [-0.39, 0.29) is 11.8 Å². The molecule has 0 aromatic carbocycles. The zero-order chi connectivity index (χ0) is 13.1. The molecule has 0 amide bonds. The maximum atomic E-state index is 11.6. The number of esters is 1. The van der Waals surface area contributed by atoms with E-state index in [1.54, 1.807) is 0 Å². The zero-order valence-corrected chi connectivity index (χ0v) is 11.0. The second-order valence-electron chi connectivity index (χ2n) is 4.54. The van der Waals surface area contributed by atoms with Crippen molar-refractivity contribution in [3.63, 3.8) is 0 Å². The van der Waals surface area contributed by atoms with E-state index in [0.29, 0.717) is 19.3 Å². The fourth-order valence-corrected chi connectivity index (χ4v) is 3.38. The molecule has 1 aliphatic rings. The highest BCUT2D eigenvalue weighted by Gasteiger charge is 2.49. The SMILES string of the molecule is CCCCS(=O)(=O)NC1CC(N)(C(=O)OC)C1. The molecule has 0 aromatic rings. The number of nitrogens with two attached hydrogens (primary N) is 1. The number of carbonyl (C=O) groups is 1. The third kappa shape index (κ3) is 3.65. The van der Waals surface area contributed by atoms with Gasteiger partial charge >= 0.3 is 5.97 Å². The minimum Gasteiger partial charge on any atom is -0.468 e. The predicted octanol–water partition coefficient (Wildman–Crippen LogP) is -0.261. The van der Waals surface area contributed by atoms with E-state index in [4.69, 9.17) is 5.73 Å². The Balaban J connectivity index is 2.41. The molecule has 1 rings (SSSR count). The Morgan fingerprint density at radius 3 is 2.59 bits per heavy atom. The van der Waals surface area contributed by atoms with E-state index in [1.165, 1.54) is 7.11 Å². The molecule has 1 saturated carbocycles. The van der Waals surface area contributed by atoms with E-state index in [1.807, 2.05) is 6.92 Å². The van der Waals surface area contributed by atoms with Gasteiger partial charge in [-0.15, -0.1) is 0 Å². The standard InChI is InChI=1S/C10H20N2O4S/c1-3-4-5-17(14,15)12-8-6-10(11,7-8)9(13)16-2/h8,12H,3-7,11H2,1-2H3. The van der Waals surface area contributed by atoms with E-state index in [2.05, 4.69) is 9.46 Å². The lowest BCUT2D eigenvalue weighted by molar-refractivity contribution is -0.151. The van der Waals surface area contributed by atoms with Crippen LogP contribution in [0.3, 0.4) is 0 Å². The van der Waals surface area contributed by atoms with Gasteiger partial charge in [-0.1, -0.05) is 13.3 Å². The van der Waals surface area contributed by atoms with Gasteiger partial charge in [0, 0.05) is 6.04 Å². The Morgan fingerprint density at radius 1 is 1.53 bits per heavy atom. The minimum atomic E-state index is -3.24. The summed E-state index contributed by atoms with van der Waals surface area (Å²) >= 11 is 0. The van der Waals surface area contributed by atoms with Crippen LogP contribution in [0.5, 0.6) is 0 Å². The first-order chi connectivity index (χ1) is 7.83. The highest BCUT2D eigenvalue weighted by Crippen LogP contribution is 2.31. The number of nitrogens with one attached hydrogen (secondary N) is 1. The molecule has 1 aliphatic carbocycles. The van der Waals surface area contributed by atoms with Crippen LogP contribution in [0.4, 0.5) is 0 Å². The minimum absolute atomic E-state index is 0.121. The summed E-state index contributed by atoms with van der Waals surface area (Å²) in [5, 5.41) is 0. The summed E-state index contributed by atoms with van der Waals surface area (Å²) < 4.78 is 30.3. The summed E-state index contributed by atoms with van der Waals surface area (Å²) in [5.74, 6) is -0.364. The van der Waals surface area contributed by atoms with Crippen LogP contribution >= 0.6 is 0 Å². The van der Waals surface area contributed by atoms with E-state index < -0.39 is 21.5 Å². The van der Waals surface area contributed by atoms with Gasteiger partial charge in [-0.05, 0) is 19.3 Å². The van der Waals surface area contributed by atoms with Crippen molar-refractivity contribution in [1.29, 1.82) is 0 Å². The van der Waals surface area contributed by atoms with Gasteiger partial charge in [-0.25, -0.2) is 13.1 Å². The number of rotatable bonds is 6. The number of sulfonamides is 1. The third-order valence-electron chi connectivity index (χ3n) is 2.93. The Morgan fingerprint density at radius 2 is 2.12 bits per heavy atom. The van der Waals surface area contributed by atoms with E-state index in [0.717, 1.165) is 6.42 Å². The van der Waals surface area contributed by atoms with Crippen molar-refractivity contribution < 1.29 is 17.9 Å². The molecule has 0 aromatic heterocycles. The molecule has 0 heterocycles. The summed E-state index contributed by atoms with van der Waals surface area (Å²) in [7, 11) is -1.97. The highest BCUT2D eigenvalue weighted by atomic mass is 32.2. The Hall–Kier alpha value is -0.660. The summed E-state index contributed by atoms with van der Waals surface area (Å²) in [5.41, 5.74) is 4.74. The first kappa shape index (κ1) is 14.4. The maximum Gasteiger partial charge on any atom is 0.325 e. The normalized spacial score (nSPS) is 28.5. The van der Waals surface area contributed by atoms with Crippen molar-refractivity contribution in [2.75, 3.05) is 12.9 Å².